The number of para-hydroxylation sites is 1. The van der Waals surface area contributed by atoms with Gasteiger partial charge in [-0.25, -0.2) is 9.78 Å². The van der Waals surface area contributed by atoms with Gasteiger partial charge in [0.1, 0.15) is 0 Å². The molecule has 3 nitrogen and oxygen atoms in total. The van der Waals surface area contributed by atoms with E-state index in [1.54, 1.807) is 48.5 Å². The summed E-state index contributed by atoms with van der Waals surface area (Å²) in [5.41, 5.74) is 0.402. The highest BCUT2D eigenvalue weighted by Gasteiger charge is 2.34. The van der Waals surface area contributed by atoms with Gasteiger partial charge in [-0.1, -0.05) is 48.0 Å². The monoisotopic (exact) mass is 379 g/mol. The van der Waals surface area contributed by atoms with Crippen molar-refractivity contribution in [3.63, 3.8) is 0 Å². The van der Waals surface area contributed by atoms with Crippen LogP contribution >= 0.6 is 11.6 Å². The van der Waals surface area contributed by atoms with E-state index in [0.717, 1.165) is 7.11 Å². The molecule has 134 valence electrons. The predicted octanol–water partition coefficient (Wildman–Crippen LogP) is 5.45. The molecule has 0 radical (unpaired) electrons. The Kier molecular flexibility index (Phi) is 4.87. The number of nitrogens with zero attached hydrogens (tertiary/aromatic N) is 1. The van der Waals surface area contributed by atoms with Crippen LogP contribution in [0.25, 0.3) is 22.0 Å². The first-order valence-corrected chi connectivity index (χ1v) is 8.01. The third-order valence-corrected chi connectivity index (χ3v) is 4.22. The molecular formula is C19H13ClF3NO2. The Morgan fingerprint density at radius 2 is 1.77 bits per heavy atom. The Morgan fingerprint density at radius 3 is 2.42 bits per heavy atom. The molecule has 3 aromatic rings. The van der Waals surface area contributed by atoms with Crippen LogP contribution < -0.4 is 0 Å². The summed E-state index contributed by atoms with van der Waals surface area (Å²) in [6.07, 6.45) is -5.86. The van der Waals surface area contributed by atoms with Gasteiger partial charge in [-0.2, -0.15) is 13.2 Å². The summed E-state index contributed by atoms with van der Waals surface area (Å²) >= 11 is 6.25. The third kappa shape index (κ3) is 3.51. The van der Waals surface area contributed by atoms with Crippen LogP contribution in [0.3, 0.4) is 0 Å². The Bertz CT molecular complexity index is 986. The molecule has 0 unspecified atom stereocenters. The largest absolute Gasteiger partial charge is 0.464 e. The van der Waals surface area contributed by atoms with Crippen LogP contribution in [-0.4, -0.2) is 24.2 Å². The summed E-state index contributed by atoms with van der Waals surface area (Å²) in [5.74, 6) is -0.927. The van der Waals surface area contributed by atoms with Gasteiger partial charge in [-0.3, -0.25) is 0 Å². The molecule has 3 rings (SSSR count). The molecule has 0 spiro atoms. The summed E-state index contributed by atoms with van der Waals surface area (Å²) in [7, 11) is 1.10. The Morgan fingerprint density at radius 1 is 1.12 bits per heavy atom. The number of halogens is 4. The Balaban J connectivity index is 2.47. The molecule has 0 amide bonds. The molecule has 0 bridgehead atoms. The first kappa shape index (κ1) is 18.2. The van der Waals surface area contributed by atoms with E-state index in [4.69, 9.17) is 11.6 Å². The van der Waals surface area contributed by atoms with Crippen LogP contribution in [-0.2, 0) is 11.2 Å². The maximum Gasteiger partial charge on any atom is 0.393 e. The van der Waals surface area contributed by atoms with Crippen molar-refractivity contribution in [1.82, 2.24) is 4.98 Å². The first-order valence-electron chi connectivity index (χ1n) is 7.63. The molecule has 2 aromatic carbocycles. The minimum Gasteiger partial charge on any atom is -0.464 e. The molecule has 1 aromatic heterocycles. The number of fused-ring (bicyclic) bond motifs is 1. The van der Waals surface area contributed by atoms with E-state index < -0.39 is 18.6 Å². The fourth-order valence-electron chi connectivity index (χ4n) is 2.86. The maximum atomic E-state index is 13.3. The zero-order chi connectivity index (χ0) is 18.9. The van der Waals surface area contributed by atoms with E-state index in [9.17, 15) is 18.0 Å². The molecule has 0 aliphatic heterocycles. The minimum atomic E-state index is -4.54. The van der Waals surface area contributed by atoms with Gasteiger partial charge in [0.05, 0.1) is 19.0 Å². The van der Waals surface area contributed by atoms with E-state index in [0.29, 0.717) is 16.5 Å². The van der Waals surface area contributed by atoms with Crippen LogP contribution in [0.2, 0.25) is 5.02 Å². The van der Waals surface area contributed by atoms with Gasteiger partial charge in [0.2, 0.25) is 0 Å². The smallest absolute Gasteiger partial charge is 0.393 e. The van der Waals surface area contributed by atoms with Crippen LogP contribution in [0.4, 0.5) is 13.2 Å². The second-order valence-corrected chi connectivity index (χ2v) is 6.00. The summed E-state index contributed by atoms with van der Waals surface area (Å²) < 4.78 is 44.5. The number of hydrogen-bond donors (Lipinski definition) is 0. The highest BCUT2D eigenvalue weighted by atomic mass is 35.5. The van der Waals surface area contributed by atoms with E-state index in [1.807, 2.05) is 0 Å². The molecule has 0 saturated heterocycles. The molecule has 0 aliphatic rings. The SMILES string of the molecule is COC(=O)c1nc2ccccc2c(-c2ccccc2Cl)c1CC(F)(F)F. The molecule has 0 aliphatic carbocycles. The highest BCUT2D eigenvalue weighted by Crippen LogP contribution is 2.39. The fourth-order valence-corrected chi connectivity index (χ4v) is 3.09. The van der Waals surface area contributed by atoms with E-state index in [-0.39, 0.29) is 21.8 Å². The second kappa shape index (κ2) is 6.96. The lowest BCUT2D eigenvalue weighted by Gasteiger charge is -2.18. The standard InChI is InChI=1S/C19H13ClF3NO2/c1-26-18(25)17-13(10-19(21,22)23)16(11-6-2-4-8-14(11)20)12-7-3-5-9-15(12)24-17/h2-9H,10H2,1H3. The van der Waals surface area contributed by atoms with Crippen molar-refractivity contribution in [3.05, 3.63) is 64.8 Å². The number of aromatic nitrogens is 1. The van der Waals surface area contributed by atoms with Crippen LogP contribution in [0.15, 0.2) is 48.5 Å². The quantitative estimate of drug-likeness (QED) is 0.568. The van der Waals surface area contributed by atoms with Gasteiger partial charge < -0.3 is 4.74 Å². The number of esters is 1. The number of hydrogen-bond acceptors (Lipinski definition) is 3. The van der Waals surface area contributed by atoms with Crippen molar-refractivity contribution in [2.75, 3.05) is 7.11 Å². The lowest BCUT2D eigenvalue weighted by molar-refractivity contribution is -0.127. The number of rotatable bonds is 3. The van der Waals surface area contributed by atoms with Crippen LogP contribution in [0.5, 0.6) is 0 Å². The van der Waals surface area contributed by atoms with Gasteiger partial charge in [0, 0.05) is 21.5 Å². The van der Waals surface area contributed by atoms with Crippen molar-refractivity contribution in [2.45, 2.75) is 12.6 Å². The number of benzene rings is 2. The summed E-state index contributed by atoms with van der Waals surface area (Å²) in [6, 6.07) is 13.2. The Labute approximate surface area is 152 Å². The van der Waals surface area contributed by atoms with Crippen molar-refractivity contribution >= 4 is 28.5 Å². The molecule has 0 atom stereocenters. The van der Waals surface area contributed by atoms with Crippen molar-refractivity contribution in [3.8, 4) is 11.1 Å². The molecule has 26 heavy (non-hydrogen) atoms. The number of methoxy groups -OCH3 is 1. The van der Waals surface area contributed by atoms with Crippen LogP contribution in [0.1, 0.15) is 16.1 Å². The summed E-state index contributed by atoms with van der Waals surface area (Å²) in [4.78, 5) is 16.3. The minimum absolute atomic E-state index is 0.235. The molecule has 0 saturated carbocycles. The van der Waals surface area contributed by atoms with E-state index >= 15 is 0 Å². The summed E-state index contributed by atoms with van der Waals surface area (Å²) in [6.45, 7) is 0. The van der Waals surface area contributed by atoms with E-state index in [1.165, 1.54) is 0 Å². The molecule has 7 heteroatoms. The van der Waals surface area contributed by atoms with Gasteiger partial charge >= 0.3 is 12.1 Å². The lowest BCUT2D eigenvalue weighted by Crippen LogP contribution is -2.18. The van der Waals surface area contributed by atoms with Crippen LogP contribution in [0, 0.1) is 0 Å². The second-order valence-electron chi connectivity index (χ2n) is 5.59. The maximum absolute atomic E-state index is 13.3. The Hall–Kier alpha value is -2.60. The van der Waals surface area contributed by atoms with Gasteiger partial charge in [0.25, 0.3) is 0 Å². The van der Waals surface area contributed by atoms with Crippen molar-refractivity contribution < 1.29 is 22.7 Å². The number of ether oxygens (including phenoxy) is 1. The lowest BCUT2D eigenvalue weighted by atomic mass is 9.92. The normalized spacial score (nSPS) is 11.6. The zero-order valence-corrected chi connectivity index (χ0v) is 14.4. The highest BCUT2D eigenvalue weighted by molar-refractivity contribution is 6.33. The molecule has 0 fully saturated rings. The third-order valence-electron chi connectivity index (χ3n) is 3.89. The van der Waals surface area contributed by atoms with Crippen molar-refractivity contribution in [2.24, 2.45) is 0 Å². The average Bonchev–Trinajstić information content (AvgIpc) is 2.60. The fraction of sp³-hybridized carbons (Fsp3) is 0.158. The topological polar surface area (TPSA) is 39.2 Å². The predicted molar refractivity (Wildman–Crippen MR) is 93.3 cm³/mol. The van der Waals surface area contributed by atoms with E-state index in [2.05, 4.69) is 9.72 Å². The molecule has 1 heterocycles. The number of alkyl halides is 3. The first-order chi connectivity index (χ1) is 12.3. The summed E-state index contributed by atoms with van der Waals surface area (Å²) in [5, 5.41) is 0.760. The van der Waals surface area contributed by atoms with Crippen molar-refractivity contribution in [1.29, 1.82) is 0 Å². The molecular weight excluding hydrogens is 367 g/mol. The molecule has 0 N–H and O–H groups in total. The number of carbonyl (C=O) groups is 1. The van der Waals surface area contributed by atoms with Gasteiger partial charge in [-0.15, -0.1) is 0 Å². The number of carbonyl (C=O) groups excluding carboxylic acids is 1. The van der Waals surface area contributed by atoms with Gasteiger partial charge in [0.15, 0.2) is 5.69 Å². The average molecular weight is 380 g/mol. The number of pyridine rings is 1. The zero-order valence-electron chi connectivity index (χ0n) is 13.6. The van der Waals surface area contributed by atoms with Gasteiger partial charge in [-0.05, 0) is 17.7 Å².